The van der Waals surface area contributed by atoms with Crippen LogP contribution in [0.5, 0.6) is 0 Å². The Morgan fingerprint density at radius 1 is 0.269 bits per heavy atom. The molecule has 0 aliphatic heterocycles. The minimum Gasteiger partial charge on any atom is -0.462 e. The number of rotatable bonds is 62. The molecule has 0 fully saturated rings. The maximum atomic E-state index is 12.9. The third kappa shape index (κ3) is 63.7. The molecule has 0 aliphatic carbocycles. The Balaban J connectivity index is 4.05. The molecule has 1 unspecified atom stereocenters. The van der Waals surface area contributed by atoms with Crippen molar-refractivity contribution in [3.63, 3.8) is 0 Å². The summed E-state index contributed by atoms with van der Waals surface area (Å²) in [5, 5.41) is 0. The highest BCUT2D eigenvalue weighted by molar-refractivity contribution is 5.71. The van der Waals surface area contributed by atoms with Gasteiger partial charge in [-0.3, -0.25) is 14.4 Å². The summed E-state index contributed by atoms with van der Waals surface area (Å²) in [5.41, 5.74) is 0. The average molecular weight is 1090 g/mol. The van der Waals surface area contributed by atoms with Crippen molar-refractivity contribution in [3.05, 3.63) is 72.9 Å². The fourth-order valence-corrected chi connectivity index (χ4v) is 9.88. The highest BCUT2D eigenvalue weighted by Gasteiger charge is 2.19. The molecule has 0 aromatic carbocycles. The van der Waals surface area contributed by atoms with E-state index in [-0.39, 0.29) is 31.1 Å². The van der Waals surface area contributed by atoms with Crippen molar-refractivity contribution in [1.29, 1.82) is 0 Å². The van der Waals surface area contributed by atoms with Gasteiger partial charge in [-0.15, -0.1) is 0 Å². The topological polar surface area (TPSA) is 78.9 Å². The molecule has 78 heavy (non-hydrogen) atoms. The first-order valence-corrected chi connectivity index (χ1v) is 33.9. The fourth-order valence-electron chi connectivity index (χ4n) is 9.88. The van der Waals surface area contributed by atoms with E-state index in [4.69, 9.17) is 14.2 Å². The largest absolute Gasteiger partial charge is 0.462 e. The summed E-state index contributed by atoms with van der Waals surface area (Å²) in [6.45, 7) is 6.54. The lowest BCUT2D eigenvalue weighted by Gasteiger charge is -2.18. The van der Waals surface area contributed by atoms with Crippen LogP contribution in [0.25, 0.3) is 0 Å². The second-order valence-corrected chi connectivity index (χ2v) is 22.7. The lowest BCUT2D eigenvalue weighted by Crippen LogP contribution is -2.30. The fraction of sp³-hybridized carbons (Fsp3) is 0.792. The van der Waals surface area contributed by atoms with E-state index in [9.17, 15) is 14.4 Å². The van der Waals surface area contributed by atoms with Gasteiger partial charge in [-0.2, -0.15) is 0 Å². The number of hydrogen-bond acceptors (Lipinski definition) is 6. The molecule has 0 aromatic rings. The van der Waals surface area contributed by atoms with Crippen LogP contribution in [0.3, 0.4) is 0 Å². The molecule has 0 amide bonds. The van der Waals surface area contributed by atoms with Gasteiger partial charge < -0.3 is 14.2 Å². The van der Waals surface area contributed by atoms with Crippen LogP contribution in [0.1, 0.15) is 348 Å². The van der Waals surface area contributed by atoms with E-state index in [1.807, 2.05) is 0 Å². The normalized spacial score (nSPS) is 12.5. The van der Waals surface area contributed by atoms with Gasteiger partial charge in [0.2, 0.25) is 0 Å². The minimum absolute atomic E-state index is 0.0723. The van der Waals surface area contributed by atoms with Crippen LogP contribution in [-0.4, -0.2) is 37.2 Å². The number of ether oxygens (including phenoxy) is 3. The highest BCUT2D eigenvalue weighted by Crippen LogP contribution is 2.17. The summed E-state index contributed by atoms with van der Waals surface area (Å²) in [7, 11) is 0. The molecule has 0 spiro atoms. The first kappa shape index (κ1) is 74.8. The van der Waals surface area contributed by atoms with Gasteiger partial charge in [0.25, 0.3) is 0 Å². The van der Waals surface area contributed by atoms with Gasteiger partial charge in [-0.25, -0.2) is 0 Å². The number of carbonyl (C=O) groups is 3. The molecule has 1 atom stereocenters. The molecule has 0 heterocycles. The van der Waals surface area contributed by atoms with Crippen molar-refractivity contribution >= 4 is 17.9 Å². The molecule has 0 rings (SSSR count). The number of carbonyl (C=O) groups excluding carboxylic acids is 3. The molecule has 0 saturated carbocycles. The van der Waals surface area contributed by atoms with E-state index in [0.29, 0.717) is 19.3 Å². The van der Waals surface area contributed by atoms with Crippen molar-refractivity contribution in [2.45, 2.75) is 354 Å². The van der Waals surface area contributed by atoms with Crippen LogP contribution < -0.4 is 0 Å². The minimum atomic E-state index is -0.774. The Labute approximate surface area is 484 Å². The lowest BCUT2D eigenvalue weighted by atomic mass is 10.0. The quantitative estimate of drug-likeness (QED) is 0.0261. The Hall–Kier alpha value is -3.15. The molecule has 6 heteroatoms. The Morgan fingerprint density at radius 2 is 0.500 bits per heavy atom. The van der Waals surface area contributed by atoms with Crippen molar-refractivity contribution < 1.29 is 28.6 Å². The van der Waals surface area contributed by atoms with Crippen molar-refractivity contribution in [1.82, 2.24) is 0 Å². The molecule has 0 aliphatic rings. The van der Waals surface area contributed by atoms with Crippen LogP contribution in [0.4, 0.5) is 0 Å². The number of unbranched alkanes of at least 4 members (excludes halogenated alkanes) is 39. The van der Waals surface area contributed by atoms with Gasteiger partial charge >= 0.3 is 17.9 Å². The predicted molar refractivity (Wildman–Crippen MR) is 339 cm³/mol. The first-order chi connectivity index (χ1) is 38.5. The summed E-state index contributed by atoms with van der Waals surface area (Å²) in [4.78, 5) is 38.2. The molecule has 452 valence electrons. The molecule has 0 bridgehead atoms. The SMILES string of the molecule is CC/C=C\C/C=C\C/C=C\C/C=C\C/C=C\CCCCCCCCCCCCCCCCCCCCCC(=O)OCC(COC(=O)CCCCCCCCCCCCC)OC(=O)CCCCCCC/C=C\CCCCCCC. The van der Waals surface area contributed by atoms with Crippen molar-refractivity contribution in [2.75, 3.05) is 13.2 Å². The van der Waals surface area contributed by atoms with E-state index in [1.54, 1.807) is 0 Å². The van der Waals surface area contributed by atoms with Crippen LogP contribution in [-0.2, 0) is 28.6 Å². The van der Waals surface area contributed by atoms with Crippen LogP contribution >= 0.6 is 0 Å². The summed E-state index contributed by atoms with van der Waals surface area (Å²) >= 11 is 0. The van der Waals surface area contributed by atoms with Gasteiger partial charge in [0.15, 0.2) is 6.10 Å². The van der Waals surface area contributed by atoms with E-state index < -0.39 is 6.10 Å². The Kier molecular flexibility index (Phi) is 63.7. The van der Waals surface area contributed by atoms with Gasteiger partial charge in [-0.1, -0.05) is 312 Å². The zero-order valence-corrected chi connectivity index (χ0v) is 51.9. The standard InChI is InChI=1S/C72H128O6/c1-4-7-10-13-16-19-22-24-26-27-28-29-30-31-32-33-34-35-36-37-38-39-40-41-42-43-44-45-46-48-50-53-56-59-62-65-71(74)77-68-69(67-76-70(73)64-61-58-55-52-49-21-18-15-12-9-6-3)78-72(75)66-63-60-57-54-51-47-25-23-20-17-14-11-8-5-2/h7,10,16,19,23-26,28-29,31-32,69H,4-6,8-9,11-15,17-18,20-22,27,30,33-68H2,1-3H3/b10-7-,19-16-,25-23-,26-24-,29-28-,32-31-. The smallest absolute Gasteiger partial charge is 0.306 e. The van der Waals surface area contributed by atoms with Crippen LogP contribution in [0.15, 0.2) is 72.9 Å². The first-order valence-electron chi connectivity index (χ1n) is 33.9. The summed E-state index contributed by atoms with van der Waals surface area (Å²) in [5.74, 6) is -0.863. The third-order valence-electron chi connectivity index (χ3n) is 14.9. The number of hydrogen-bond donors (Lipinski definition) is 0. The van der Waals surface area contributed by atoms with Gasteiger partial charge in [0.1, 0.15) is 13.2 Å². The molecular formula is C72H128O6. The van der Waals surface area contributed by atoms with Crippen molar-refractivity contribution in [2.24, 2.45) is 0 Å². The van der Waals surface area contributed by atoms with Crippen molar-refractivity contribution in [3.8, 4) is 0 Å². The molecule has 6 nitrogen and oxygen atoms in total. The van der Waals surface area contributed by atoms with E-state index >= 15 is 0 Å². The number of allylic oxidation sites excluding steroid dienone is 12. The lowest BCUT2D eigenvalue weighted by molar-refractivity contribution is -0.167. The highest BCUT2D eigenvalue weighted by atomic mass is 16.6. The second kappa shape index (κ2) is 66.4. The second-order valence-electron chi connectivity index (χ2n) is 22.7. The van der Waals surface area contributed by atoms with E-state index in [2.05, 4.69) is 93.7 Å². The van der Waals surface area contributed by atoms with Gasteiger partial charge in [0.05, 0.1) is 0 Å². The molecular weight excluding hydrogens is 961 g/mol. The van der Waals surface area contributed by atoms with E-state index in [1.165, 1.54) is 212 Å². The summed E-state index contributed by atoms with van der Waals surface area (Å²) < 4.78 is 16.9. The summed E-state index contributed by atoms with van der Waals surface area (Å²) in [6.07, 6.45) is 86.5. The van der Waals surface area contributed by atoms with Crippen LogP contribution in [0, 0.1) is 0 Å². The van der Waals surface area contributed by atoms with Gasteiger partial charge in [-0.05, 0) is 89.9 Å². The van der Waals surface area contributed by atoms with E-state index in [0.717, 1.165) is 96.3 Å². The predicted octanol–water partition coefficient (Wildman–Crippen LogP) is 23.3. The third-order valence-corrected chi connectivity index (χ3v) is 14.9. The molecule has 0 radical (unpaired) electrons. The summed E-state index contributed by atoms with van der Waals surface area (Å²) in [6, 6.07) is 0. The Morgan fingerprint density at radius 3 is 0.795 bits per heavy atom. The number of esters is 3. The van der Waals surface area contributed by atoms with Gasteiger partial charge in [0, 0.05) is 19.3 Å². The average Bonchev–Trinajstić information content (AvgIpc) is 3.44. The zero-order valence-electron chi connectivity index (χ0n) is 51.9. The maximum absolute atomic E-state index is 12.9. The Bertz CT molecular complexity index is 1440. The molecule has 0 aromatic heterocycles. The molecule has 0 saturated heterocycles. The monoisotopic (exact) mass is 1090 g/mol. The maximum Gasteiger partial charge on any atom is 0.306 e. The molecule has 0 N–H and O–H groups in total. The van der Waals surface area contributed by atoms with Crippen LogP contribution in [0.2, 0.25) is 0 Å². The zero-order chi connectivity index (χ0) is 56.4.